The Hall–Kier alpha value is -1.40. The van der Waals surface area contributed by atoms with Crippen LogP contribution in [0.4, 0.5) is 0 Å². The number of aromatic nitrogens is 2. The van der Waals surface area contributed by atoms with Gasteiger partial charge in [-0.2, -0.15) is 5.10 Å². The van der Waals surface area contributed by atoms with Gasteiger partial charge in [-0.1, -0.05) is 0 Å². The molecule has 90 valence electrons. The fourth-order valence-electron chi connectivity index (χ4n) is 2.06. The maximum absolute atomic E-state index is 12.2. The highest BCUT2D eigenvalue weighted by Crippen LogP contribution is 2.26. The van der Waals surface area contributed by atoms with E-state index in [0.717, 1.165) is 47.0 Å². The molecule has 0 radical (unpaired) electrons. The van der Waals surface area contributed by atoms with Crippen LogP contribution in [0.3, 0.4) is 0 Å². The summed E-state index contributed by atoms with van der Waals surface area (Å²) in [4.78, 5) is 15.9. The van der Waals surface area contributed by atoms with Crippen LogP contribution >= 0.6 is 11.3 Å². The number of piperazine rings is 1. The number of hydrogen-bond acceptors (Lipinski definition) is 4. The molecule has 6 heteroatoms. The van der Waals surface area contributed by atoms with Crippen LogP contribution in [0.25, 0.3) is 10.2 Å². The van der Waals surface area contributed by atoms with Gasteiger partial charge in [-0.25, -0.2) is 0 Å². The summed E-state index contributed by atoms with van der Waals surface area (Å²) >= 11 is 1.47. The van der Waals surface area contributed by atoms with Gasteiger partial charge in [0.2, 0.25) is 0 Å². The lowest BCUT2D eigenvalue weighted by molar-refractivity contribution is 0.0741. The van der Waals surface area contributed by atoms with Crippen LogP contribution in [0, 0.1) is 6.92 Å². The predicted octanol–water partition coefficient (Wildman–Crippen LogP) is 0.978. The van der Waals surface area contributed by atoms with Gasteiger partial charge in [0.1, 0.15) is 4.83 Å². The minimum Gasteiger partial charge on any atom is -0.335 e. The molecule has 3 rings (SSSR count). The van der Waals surface area contributed by atoms with Gasteiger partial charge in [-0.05, 0) is 13.0 Å². The average Bonchev–Trinajstić information content (AvgIpc) is 2.92. The number of rotatable bonds is 1. The Morgan fingerprint density at radius 1 is 1.47 bits per heavy atom. The Kier molecular flexibility index (Phi) is 2.60. The Morgan fingerprint density at radius 3 is 2.94 bits per heavy atom. The molecule has 0 saturated carbocycles. The molecule has 17 heavy (non-hydrogen) atoms. The third kappa shape index (κ3) is 1.83. The number of nitrogens with zero attached hydrogens (tertiary/aromatic N) is 2. The van der Waals surface area contributed by atoms with Gasteiger partial charge in [-0.3, -0.25) is 9.89 Å². The first-order valence-electron chi connectivity index (χ1n) is 5.70. The molecular formula is C11H14N4OS. The van der Waals surface area contributed by atoms with E-state index < -0.39 is 0 Å². The van der Waals surface area contributed by atoms with Crippen LogP contribution in [0.2, 0.25) is 0 Å². The van der Waals surface area contributed by atoms with E-state index >= 15 is 0 Å². The topological polar surface area (TPSA) is 61.0 Å². The SMILES string of the molecule is Cc1[nH]nc2sc(C(=O)N3CCNCC3)cc12. The monoisotopic (exact) mass is 250 g/mol. The molecule has 5 nitrogen and oxygen atoms in total. The van der Waals surface area contributed by atoms with Crippen molar-refractivity contribution >= 4 is 27.5 Å². The fourth-order valence-corrected chi connectivity index (χ4v) is 3.07. The number of aromatic amines is 1. The second-order valence-corrected chi connectivity index (χ2v) is 5.25. The smallest absolute Gasteiger partial charge is 0.264 e. The van der Waals surface area contributed by atoms with Gasteiger partial charge in [-0.15, -0.1) is 11.3 Å². The molecule has 0 spiro atoms. The molecule has 2 aromatic rings. The zero-order valence-corrected chi connectivity index (χ0v) is 10.4. The van der Waals surface area contributed by atoms with E-state index in [2.05, 4.69) is 15.5 Å². The molecule has 1 fully saturated rings. The van der Waals surface area contributed by atoms with E-state index in [1.807, 2.05) is 17.9 Å². The standard InChI is InChI=1S/C11H14N4OS/c1-7-8-6-9(17-10(8)14-13-7)11(16)15-4-2-12-3-5-15/h6,12H,2-5H2,1H3,(H,13,14). The second-order valence-electron chi connectivity index (χ2n) is 4.22. The zero-order chi connectivity index (χ0) is 11.8. The molecule has 1 amide bonds. The van der Waals surface area contributed by atoms with E-state index in [1.165, 1.54) is 11.3 Å². The van der Waals surface area contributed by atoms with Crippen molar-refractivity contribution in [1.29, 1.82) is 0 Å². The number of fused-ring (bicyclic) bond motifs is 1. The van der Waals surface area contributed by atoms with Gasteiger partial charge >= 0.3 is 0 Å². The summed E-state index contributed by atoms with van der Waals surface area (Å²) in [6, 6.07) is 1.95. The average molecular weight is 250 g/mol. The molecule has 1 aliphatic rings. The number of carbonyl (C=O) groups is 1. The lowest BCUT2D eigenvalue weighted by Gasteiger charge is -2.26. The Morgan fingerprint density at radius 2 is 2.24 bits per heavy atom. The Labute approximate surface area is 103 Å². The van der Waals surface area contributed by atoms with Crippen molar-refractivity contribution in [2.24, 2.45) is 0 Å². The summed E-state index contributed by atoms with van der Waals surface area (Å²) in [6.07, 6.45) is 0. The molecule has 2 N–H and O–H groups in total. The maximum Gasteiger partial charge on any atom is 0.264 e. The van der Waals surface area contributed by atoms with E-state index in [0.29, 0.717) is 0 Å². The summed E-state index contributed by atoms with van der Waals surface area (Å²) < 4.78 is 0. The molecule has 3 heterocycles. The van der Waals surface area contributed by atoms with E-state index in [9.17, 15) is 4.79 Å². The maximum atomic E-state index is 12.2. The van der Waals surface area contributed by atoms with Gasteiger partial charge in [0, 0.05) is 37.3 Å². The lowest BCUT2D eigenvalue weighted by Crippen LogP contribution is -2.46. The molecule has 0 aliphatic carbocycles. The van der Waals surface area contributed by atoms with Crippen molar-refractivity contribution in [2.75, 3.05) is 26.2 Å². The van der Waals surface area contributed by atoms with Crippen LogP contribution in [-0.4, -0.2) is 47.2 Å². The summed E-state index contributed by atoms with van der Waals surface area (Å²) in [7, 11) is 0. The number of hydrogen-bond donors (Lipinski definition) is 2. The Balaban J connectivity index is 1.89. The van der Waals surface area contributed by atoms with Crippen molar-refractivity contribution in [3.8, 4) is 0 Å². The fraction of sp³-hybridized carbons (Fsp3) is 0.455. The van der Waals surface area contributed by atoms with Crippen molar-refractivity contribution in [3.63, 3.8) is 0 Å². The first kappa shape index (κ1) is 10.7. The van der Waals surface area contributed by atoms with Crippen LogP contribution in [0.15, 0.2) is 6.07 Å². The molecule has 2 aromatic heterocycles. The highest BCUT2D eigenvalue weighted by molar-refractivity contribution is 7.20. The predicted molar refractivity (Wildman–Crippen MR) is 67.5 cm³/mol. The quantitative estimate of drug-likeness (QED) is 0.793. The van der Waals surface area contributed by atoms with E-state index in [1.54, 1.807) is 0 Å². The van der Waals surface area contributed by atoms with Crippen LogP contribution < -0.4 is 5.32 Å². The van der Waals surface area contributed by atoms with Crippen molar-refractivity contribution < 1.29 is 4.79 Å². The summed E-state index contributed by atoms with van der Waals surface area (Å²) in [6.45, 7) is 5.32. The number of amides is 1. The van der Waals surface area contributed by atoms with Crippen molar-refractivity contribution in [2.45, 2.75) is 6.92 Å². The Bertz CT molecular complexity index is 553. The molecule has 0 atom stereocenters. The highest BCUT2D eigenvalue weighted by Gasteiger charge is 2.20. The summed E-state index contributed by atoms with van der Waals surface area (Å²) in [5, 5.41) is 11.4. The summed E-state index contributed by atoms with van der Waals surface area (Å²) in [5.41, 5.74) is 1.02. The minimum atomic E-state index is 0.133. The number of H-pyrrole nitrogens is 1. The molecule has 0 bridgehead atoms. The van der Waals surface area contributed by atoms with Crippen LogP contribution in [0.5, 0.6) is 0 Å². The normalized spacial score (nSPS) is 16.6. The van der Waals surface area contributed by atoms with Gasteiger partial charge in [0.15, 0.2) is 0 Å². The minimum absolute atomic E-state index is 0.133. The summed E-state index contributed by atoms with van der Waals surface area (Å²) in [5.74, 6) is 0.133. The first-order chi connectivity index (χ1) is 8.25. The molecular weight excluding hydrogens is 236 g/mol. The van der Waals surface area contributed by atoms with Crippen molar-refractivity contribution in [1.82, 2.24) is 20.4 Å². The number of nitrogens with one attached hydrogen (secondary N) is 2. The van der Waals surface area contributed by atoms with Gasteiger partial charge < -0.3 is 10.2 Å². The van der Waals surface area contributed by atoms with Crippen molar-refractivity contribution in [3.05, 3.63) is 16.6 Å². The second kappa shape index (κ2) is 4.12. The third-order valence-electron chi connectivity index (χ3n) is 3.06. The van der Waals surface area contributed by atoms with E-state index in [4.69, 9.17) is 0 Å². The zero-order valence-electron chi connectivity index (χ0n) is 9.62. The molecule has 1 aliphatic heterocycles. The van der Waals surface area contributed by atoms with Crippen LogP contribution in [-0.2, 0) is 0 Å². The van der Waals surface area contributed by atoms with E-state index in [-0.39, 0.29) is 5.91 Å². The van der Waals surface area contributed by atoms with Crippen LogP contribution in [0.1, 0.15) is 15.4 Å². The van der Waals surface area contributed by atoms with Gasteiger partial charge in [0.05, 0.1) is 4.88 Å². The third-order valence-corrected chi connectivity index (χ3v) is 4.07. The lowest BCUT2D eigenvalue weighted by atomic mass is 10.3. The molecule has 0 unspecified atom stereocenters. The number of carbonyl (C=O) groups excluding carboxylic acids is 1. The largest absolute Gasteiger partial charge is 0.335 e. The number of thiophene rings is 1. The first-order valence-corrected chi connectivity index (χ1v) is 6.52. The number of aryl methyl sites for hydroxylation is 1. The molecule has 0 aromatic carbocycles. The molecule has 1 saturated heterocycles. The van der Waals surface area contributed by atoms with Gasteiger partial charge in [0.25, 0.3) is 5.91 Å². The highest BCUT2D eigenvalue weighted by atomic mass is 32.1.